The summed E-state index contributed by atoms with van der Waals surface area (Å²) in [6.07, 6.45) is 3.60. The third kappa shape index (κ3) is 3.58. The number of amides is 1. The monoisotopic (exact) mass is 357 g/mol. The van der Waals surface area contributed by atoms with Crippen LogP contribution in [0.5, 0.6) is 0 Å². The van der Waals surface area contributed by atoms with E-state index < -0.39 is 12.1 Å². The number of hydrogen-bond donors (Lipinski definition) is 0. The number of hydrogen-bond acceptors (Lipinski definition) is 6. The van der Waals surface area contributed by atoms with Gasteiger partial charge in [-0.2, -0.15) is 4.68 Å². The summed E-state index contributed by atoms with van der Waals surface area (Å²) in [5.41, 5.74) is 0.807. The zero-order valence-electron chi connectivity index (χ0n) is 15.2. The van der Waals surface area contributed by atoms with Crippen molar-refractivity contribution < 1.29 is 14.3 Å². The fraction of sp³-hybridized carbons (Fsp3) is 0.500. The van der Waals surface area contributed by atoms with Crippen molar-refractivity contribution in [1.82, 2.24) is 25.1 Å². The number of para-hydroxylation sites is 1. The van der Waals surface area contributed by atoms with Crippen LogP contribution < -0.4 is 0 Å². The largest absolute Gasteiger partial charge is 0.449 e. The number of likely N-dealkylation sites (tertiary alicyclic amines) is 1. The molecule has 1 aromatic carbocycles. The Bertz CT molecular complexity index is 767. The van der Waals surface area contributed by atoms with E-state index in [0.29, 0.717) is 11.3 Å². The van der Waals surface area contributed by atoms with Crippen LogP contribution in [0.2, 0.25) is 0 Å². The van der Waals surface area contributed by atoms with Crippen molar-refractivity contribution in [3.8, 4) is 5.69 Å². The minimum atomic E-state index is -0.854. The van der Waals surface area contributed by atoms with Gasteiger partial charge in [0.2, 0.25) is 0 Å². The van der Waals surface area contributed by atoms with E-state index in [1.807, 2.05) is 18.7 Å². The van der Waals surface area contributed by atoms with Crippen molar-refractivity contribution in [2.45, 2.75) is 58.2 Å². The molecule has 26 heavy (non-hydrogen) atoms. The van der Waals surface area contributed by atoms with Crippen LogP contribution in [-0.2, 0) is 9.53 Å². The molecular formula is C18H23N5O3. The lowest BCUT2D eigenvalue weighted by Gasteiger charge is -2.40. The summed E-state index contributed by atoms with van der Waals surface area (Å²) in [5.74, 6) is -0.729. The SMILES string of the molecule is C[C@@H]1CCC[C@H](C)N1C(=O)[C@@H](C)OC(=O)c1ccccc1-n1cnnn1. The number of rotatable bonds is 4. The molecule has 0 spiro atoms. The average Bonchev–Trinajstić information content (AvgIpc) is 3.16. The highest BCUT2D eigenvalue weighted by Crippen LogP contribution is 2.24. The molecule has 1 amide bonds. The molecule has 0 radical (unpaired) electrons. The Hall–Kier alpha value is -2.77. The first-order valence-electron chi connectivity index (χ1n) is 8.84. The van der Waals surface area contributed by atoms with Crippen molar-refractivity contribution in [3.05, 3.63) is 36.2 Å². The number of aromatic nitrogens is 4. The Morgan fingerprint density at radius 3 is 2.54 bits per heavy atom. The number of carbonyl (C=O) groups excluding carboxylic acids is 2. The highest BCUT2D eigenvalue weighted by Gasteiger charge is 2.33. The molecule has 138 valence electrons. The zero-order chi connectivity index (χ0) is 18.7. The van der Waals surface area contributed by atoms with Gasteiger partial charge in [-0.15, -0.1) is 5.10 Å². The van der Waals surface area contributed by atoms with Crippen LogP contribution in [0, 0.1) is 0 Å². The highest BCUT2D eigenvalue weighted by molar-refractivity contribution is 5.95. The minimum Gasteiger partial charge on any atom is -0.449 e. The van der Waals surface area contributed by atoms with Gasteiger partial charge in [-0.3, -0.25) is 4.79 Å². The maximum Gasteiger partial charge on any atom is 0.341 e. The van der Waals surface area contributed by atoms with Gasteiger partial charge in [0.25, 0.3) is 5.91 Å². The van der Waals surface area contributed by atoms with Crippen molar-refractivity contribution in [2.75, 3.05) is 0 Å². The molecule has 8 nitrogen and oxygen atoms in total. The predicted octanol–water partition coefficient (Wildman–Crippen LogP) is 2.00. The summed E-state index contributed by atoms with van der Waals surface area (Å²) in [6, 6.07) is 7.16. The summed E-state index contributed by atoms with van der Waals surface area (Å²) in [5, 5.41) is 11.0. The van der Waals surface area contributed by atoms with Crippen LogP contribution in [-0.4, -0.2) is 55.2 Å². The van der Waals surface area contributed by atoms with E-state index in [1.165, 1.54) is 11.0 Å². The van der Waals surface area contributed by atoms with E-state index in [0.717, 1.165) is 19.3 Å². The van der Waals surface area contributed by atoms with Gasteiger partial charge >= 0.3 is 5.97 Å². The summed E-state index contributed by atoms with van der Waals surface area (Å²) >= 11 is 0. The van der Waals surface area contributed by atoms with Gasteiger partial charge < -0.3 is 9.64 Å². The molecule has 0 N–H and O–H groups in total. The molecule has 2 heterocycles. The summed E-state index contributed by atoms with van der Waals surface area (Å²) in [4.78, 5) is 27.3. The van der Waals surface area contributed by atoms with E-state index in [4.69, 9.17) is 4.74 Å². The standard InChI is InChI=1S/C18H23N5O3/c1-12-7-6-8-13(2)23(12)17(24)14(3)26-18(25)15-9-4-5-10-16(15)22-11-19-20-21-22/h4-5,9-14H,6-8H2,1-3H3/t12-,13+,14-/m1/s1. The Morgan fingerprint density at radius 2 is 1.88 bits per heavy atom. The molecule has 0 saturated carbocycles. The lowest BCUT2D eigenvalue weighted by atomic mass is 9.97. The van der Waals surface area contributed by atoms with Crippen molar-refractivity contribution in [1.29, 1.82) is 0 Å². The van der Waals surface area contributed by atoms with Gasteiger partial charge in [-0.25, -0.2) is 4.79 Å². The molecule has 1 aliphatic heterocycles. The molecule has 1 fully saturated rings. The third-order valence-electron chi connectivity index (χ3n) is 4.80. The normalized spacial score (nSPS) is 21.3. The summed E-state index contributed by atoms with van der Waals surface area (Å²) in [6.45, 7) is 5.69. The second kappa shape index (κ2) is 7.63. The van der Waals surface area contributed by atoms with Gasteiger partial charge in [0.1, 0.15) is 6.33 Å². The molecule has 1 aliphatic rings. The first-order valence-corrected chi connectivity index (χ1v) is 8.84. The number of piperidine rings is 1. The second-order valence-electron chi connectivity index (χ2n) is 6.69. The fourth-order valence-corrected chi connectivity index (χ4v) is 3.46. The number of benzene rings is 1. The van der Waals surface area contributed by atoms with Crippen LogP contribution in [0.25, 0.3) is 5.69 Å². The van der Waals surface area contributed by atoms with Crippen LogP contribution in [0.3, 0.4) is 0 Å². The number of carbonyl (C=O) groups is 2. The van der Waals surface area contributed by atoms with Gasteiger partial charge in [0.15, 0.2) is 6.10 Å². The Kier molecular flexibility index (Phi) is 5.29. The highest BCUT2D eigenvalue weighted by atomic mass is 16.5. The van der Waals surface area contributed by atoms with Crippen LogP contribution >= 0.6 is 0 Å². The van der Waals surface area contributed by atoms with Crippen molar-refractivity contribution >= 4 is 11.9 Å². The maximum absolute atomic E-state index is 12.8. The number of ether oxygens (including phenoxy) is 1. The zero-order valence-corrected chi connectivity index (χ0v) is 15.2. The smallest absolute Gasteiger partial charge is 0.341 e. The van der Waals surface area contributed by atoms with Crippen LogP contribution in [0.1, 0.15) is 50.4 Å². The Morgan fingerprint density at radius 1 is 1.19 bits per heavy atom. The van der Waals surface area contributed by atoms with Gasteiger partial charge in [-0.05, 0) is 62.6 Å². The summed E-state index contributed by atoms with van der Waals surface area (Å²) < 4.78 is 6.86. The van der Waals surface area contributed by atoms with Crippen molar-refractivity contribution in [3.63, 3.8) is 0 Å². The predicted molar refractivity (Wildman–Crippen MR) is 93.7 cm³/mol. The average molecular weight is 357 g/mol. The number of tetrazole rings is 1. The van der Waals surface area contributed by atoms with Crippen LogP contribution in [0.4, 0.5) is 0 Å². The van der Waals surface area contributed by atoms with Gasteiger partial charge in [0.05, 0.1) is 11.3 Å². The first kappa shape index (κ1) is 18.0. The molecule has 3 rings (SSSR count). The van der Waals surface area contributed by atoms with E-state index in [-0.39, 0.29) is 18.0 Å². The maximum atomic E-state index is 12.8. The van der Waals surface area contributed by atoms with E-state index in [2.05, 4.69) is 15.5 Å². The Labute approximate surface area is 152 Å². The number of nitrogens with zero attached hydrogens (tertiary/aromatic N) is 5. The van der Waals surface area contributed by atoms with Crippen LogP contribution in [0.15, 0.2) is 30.6 Å². The van der Waals surface area contributed by atoms with E-state index >= 15 is 0 Å². The number of esters is 1. The minimum absolute atomic E-state index is 0.154. The fourth-order valence-electron chi connectivity index (χ4n) is 3.46. The lowest BCUT2D eigenvalue weighted by molar-refractivity contribution is -0.146. The molecule has 1 saturated heterocycles. The third-order valence-corrected chi connectivity index (χ3v) is 4.80. The Balaban J connectivity index is 1.75. The second-order valence-corrected chi connectivity index (χ2v) is 6.69. The molecule has 0 aliphatic carbocycles. The first-order chi connectivity index (χ1) is 12.5. The molecule has 1 aromatic heterocycles. The van der Waals surface area contributed by atoms with Crippen molar-refractivity contribution in [2.24, 2.45) is 0 Å². The quantitative estimate of drug-likeness (QED) is 0.778. The lowest BCUT2D eigenvalue weighted by Crippen LogP contribution is -2.51. The molecular weight excluding hydrogens is 334 g/mol. The molecule has 0 bridgehead atoms. The van der Waals surface area contributed by atoms with E-state index in [1.54, 1.807) is 31.2 Å². The molecule has 0 unspecified atom stereocenters. The van der Waals surface area contributed by atoms with Gasteiger partial charge in [0, 0.05) is 12.1 Å². The van der Waals surface area contributed by atoms with E-state index in [9.17, 15) is 9.59 Å². The molecule has 2 aromatic rings. The summed E-state index contributed by atoms with van der Waals surface area (Å²) in [7, 11) is 0. The molecule has 3 atom stereocenters. The molecule has 8 heteroatoms. The topological polar surface area (TPSA) is 90.2 Å². The van der Waals surface area contributed by atoms with Gasteiger partial charge in [-0.1, -0.05) is 12.1 Å².